The smallest absolute Gasteiger partial charge is 0.230 e. The van der Waals surface area contributed by atoms with E-state index in [0.29, 0.717) is 18.2 Å². The number of rotatable bonds is 8. The third-order valence-corrected chi connectivity index (χ3v) is 6.66. The number of hydrogen-bond donors (Lipinski definition) is 1. The summed E-state index contributed by atoms with van der Waals surface area (Å²) >= 11 is 1.33. The molecule has 1 aliphatic rings. The van der Waals surface area contributed by atoms with Crippen molar-refractivity contribution in [1.29, 1.82) is 0 Å². The minimum absolute atomic E-state index is 0.00252. The Kier molecular flexibility index (Phi) is 6.31. The van der Waals surface area contributed by atoms with Crippen LogP contribution in [-0.2, 0) is 11.3 Å². The van der Waals surface area contributed by atoms with Gasteiger partial charge in [-0.25, -0.2) is 4.98 Å². The summed E-state index contributed by atoms with van der Waals surface area (Å²) < 4.78 is 2.18. The molecule has 1 N–H and O–H groups in total. The quantitative estimate of drug-likeness (QED) is 0.419. The number of fused-ring (bicyclic) bond motifs is 3. The van der Waals surface area contributed by atoms with Crippen LogP contribution in [0, 0.1) is 0 Å². The molecular weight excluding hydrogens is 420 g/mol. The molecule has 1 aliphatic heterocycles. The Morgan fingerprint density at radius 3 is 2.62 bits per heavy atom. The van der Waals surface area contributed by atoms with E-state index in [1.54, 1.807) is 0 Å². The summed E-state index contributed by atoms with van der Waals surface area (Å²) in [4.78, 5) is 19.4. The Balaban J connectivity index is 1.32. The number of nitrogens with zero attached hydrogens (tertiary/aromatic N) is 5. The van der Waals surface area contributed by atoms with Crippen molar-refractivity contribution in [3.63, 3.8) is 0 Å². The van der Waals surface area contributed by atoms with E-state index in [-0.39, 0.29) is 11.7 Å². The number of benzene rings is 2. The van der Waals surface area contributed by atoms with Crippen molar-refractivity contribution in [1.82, 2.24) is 30.0 Å². The minimum Gasteiger partial charge on any atom is -0.354 e. The molecule has 8 heteroatoms. The van der Waals surface area contributed by atoms with Crippen molar-refractivity contribution in [2.24, 2.45) is 0 Å². The topological polar surface area (TPSA) is 75.9 Å². The van der Waals surface area contributed by atoms with Crippen LogP contribution in [-0.4, -0.2) is 62.5 Å². The van der Waals surface area contributed by atoms with Crippen molar-refractivity contribution in [3.8, 4) is 0 Å². The molecular formula is C24H26N6OS. The van der Waals surface area contributed by atoms with Crippen molar-refractivity contribution < 1.29 is 4.79 Å². The Morgan fingerprint density at radius 1 is 1.00 bits per heavy atom. The van der Waals surface area contributed by atoms with Crippen LogP contribution in [0.25, 0.3) is 22.1 Å². The van der Waals surface area contributed by atoms with Crippen molar-refractivity contribution in [2.75, 3.05) is 31.9 Å². The van der Waals surface area contributed by atoms with Crippen LogP contribution in [0.5, 0.6) is 0 Å². The first-order valence-electron chi connectivity index (χ1n) is 11.1. The number of likely N-dealkylation sites (tertiary alicyclic amines) is 1. The average Bonchev–Trinajstić information content (AvgIpc) is 3.45. The molecule has 0 atom stereocenters. The molecule has 0 radical (unpaired) electrons. The minimum atomic E-state index is 0.00252. The van der Waals surface area contributed by atoms with Gasteiger partial charge in [-0.1, -0.05) is 60.3 Å². The molecule has 1 fully saturated rings. The highest BCUT2D eigenvalue weighted by molar-refractivity contribution is 7.99. The summed E-state index contributed by atoms with van der Waals surface area (Å²) in [6.07, 6.45) is 2.52. The lowest BCUT2D eigenvalue weighted by Crippen LogP contribution is -2.34. The molecule has 0 unspecified atom stereocenters. The first kappa shape index (κ1) is 20.9. The van der Waals surface area contributed by atoms with E-state index in [1.165, 1.54) is 30.2 Å². The maximum atomic E-state index is 12.3. The van der Waals surface area contributed by atoms with Gasteiger partial charge in [0.2, 0.25) is 11.1 Å². The largest absolute Gasteiger partial charge is 0.354 e. The molecule has 1 saturated heterocycles. The second kappa shape index (κ2) is 9.67. The van der Waals surface area contributed by atoms with Crippen molar-refractivity contribution >= 4 is 39.7 Å². The molecule has 3 heterocycles. The van der Waals surface area contributed by atoms with Gasteiger partial charge in [-0.15, -0.1) is 10.2 Å². The highest BCUT2D eigenvalue weighted by atomic mass is 32.2. The Morgan fingerprint density at radius 2 is 1.78 bits per heavy atom. The molecule has 7 nitrogen and oxygen atoms in total. The number of carbonyl (C=O) groups is 1. The van der Waals surface area contributed by atoms with E-state index in [0.717, 1.165) is 41.7 Å². The van der Waals surface area contributed by atoms with Gasteiger partial charge in [-0.3, -0.25) is 4.79 Å². The van der Waals surface area contributed by atoms with E-state index < -0.39 is 0 Å². The van der Waals surface area contributed by atoms with Crippen molar-refractivity contribution in [2.45, 2.75) is 24.5 Å². The molecule has 4 aromatic rings. The zero-order valence-electron chi connectivity index (χ0n) is 17.9. The number of nitrogens with one attached hydrogen (secondary N) is 1. The van der Waals surface area contributed by atoms with Gasteiger partial charge < -0.3 is 14.8 Å². The fraction of sp³-hybridized carbons (Fsp3) is 0.333. The van der Waals surface area contributed by atoms with Crippen LogP contribution in [0.15, 0.2) is 59.8 Å². The number of para-hydroxylation sites is 1. The SMILES string of the molecule is O=C(CSc1nnc2c3ccccc3n(Cc3ccccc3)c2n1)NCCN1CCCC1. The van der Waals surface area contributed by atoms with Gasteiger partial charge in [0.1, 0.15) is 5.52 Å². The summed E-state index contributed by atoms with van der Waals surface area (Å²) in [6, 6.07) is 18.5. The van der Waals surface area contributed by atoms with E-state index in [9.17, 15) is 4.79 Å². The lowest BCUT2D eigenvalue weighted by Gasteiger charge is -2.14. The maximum absolute atomic E-state index is 12.3. The van der Waals surface area contributed by atoms with Gasteiger partial charge in [0, 0.05) is 25.0 Å². The van der Waals surface area contributed by atoms with Crippen molar-refractivity contribution in [3.05, 3.63) is 60.2 Å². The fourth-order valence-electron chi connectivity index (χ4n) is 4.22. The first-order valence-corrected chi connectivity index (χ1v) is 12.0. The Bertz CT molecular complexity index is 1220. The molecule has 0 saturated carbocycles. The summed E-state index contributed by atoms with van der Waals surface area (Å²) in [7, 11) is 0. The highest BCUT2D eigenvalue weighted by Gasteiger charge is 2.16. The lowest BCUT2D eigenvalue weighted by atomic mass is 10.2. The van der Waals surface area contributed by atoms with Gasteiger partial charge in [-0.2, -0.15) is 0 Å². The second-order valence-corrected chi connectivity index (χ2v) is 8.99. The number of carbonyl (C=O) groups excluding carboxylic acids is 1. The van der Waals surface area contributed by atoms with Gasteiger partial charge >= 0.3 is 0 Å². The predicted octanol–water partition coefficient (Wildman–Crippen LogP) is 3.33. The zero-order valence-corrected chi connectivity index (χ0v) is 18.7. The molecule has 32 heavy (non-hydrogen) atoms. The molecule has 2 aromatic heterocycles. The summed E-state index contributed by atoms with van der Waals surface area (Å²) in [5.74, 6) is 0.286. The van der Waals surface area contributed by atoms with E-state index >= 15 is 0 Å². The summed E-state index contributed by atoms with van der Waals surface area (Å²) in [6.45, 7) is 4.58. The number of thioether (sulfide) groups is 1. The molecule has 0 bridgehead atoms. The van der Waals surface area contributed by atoms with Crippen LogP contribution in [0.3, 0.4) is 0 Å². The van der Waals surface area contributed by atoms with Gasteiger partial charge in [0.05, 0.1) is 11.3 Å². The lowest BCUT2D eigenvalue weighted by molar-refractivity contribution is -0.118. The molecule has 0 spiro atoms. The van der Waals surface area contributed by atoms with Gasteiger partial charge in [0.15, 0.2) is 5.65 Å². The molecule has 5 rings (SSSR count). The average molecular weight is 447 g/mol. The van der Waals surface area contributed by atoms with Gasteiger partial charge in [0.25, 0.3) is 0 Å². The Labute approximate surface area is 191 Å². The normalized spacial score (nSPS) is 14.4. The van der Waals surface area contributed by atoms with Crippen LogP contribution >= 0.6 is 11.8 Å². The van der Waals surface area contributed by atoms with Crippen LogP contribution in [0.2, 0.25) is 0 Å². The molecule has 2 aromatic carbocycles. The summed E-state index contributed by atoms with van der Waals surface area (Å²) in [5.41, 5.74) is 3.85. The fourth-order valence-corrected chi connectivity index (χ4v) is 4.83. The zero-order chi connectivity index (χ0) is 21.8. The van der Waals surface area contributed by atoms with E-state index in [1.807, 2.05) is 30.3 Å². The standard InChI is InChI=1S/C24H26N6OS/c31-21(25-12-15-29-13-6-7-14-29)17-32-24-26-23-22(27-28-24)19-10-4-5-11-20(19)30(23)16-18-8-2-1-3-9-18/h1-5,8-11H,6-7,12-17H2,(H,25,31). The molecule has 164 valence electrons. The third-order valence-electron chi connectivity index (χ3n) is 5.82. The number of hydrogen-bond acceptors (Lipinski definition) is 6. The highest BCUT2D eigenvalue weighted by Crippen LogP contribution is 2.28. The van der Waals surface area contributed by atoms with Gasteiger partial charge in [-0.05, 0) is 37.6 Å². The van der Waals surface area contributed by atoms with E-state index in [2.05, 4.69) is 49.2 Å². The number of aromatic nitrogens is 4. The van der Waals surface area contributed by atoms with Crippen LogP contribution < -0.4 is 5.32 Å². The first-order chi connectivity index (χ1) is 15.8. The maximum Gasteiger partial charge on any atom is 0.230 e. The Hall–Kier alpha value is -2.97. The summed E-state index contributed by atoms with van der Waals surface area (Å²) in [5, 5.41) is 13.3. The van der Waals surface area contributed by atoms with Crippen LogP contribution in [0.1, 0.15) is 18.4 Å². The monoisotopic (exact) mass is 446 g/mol. The molecule has 1 amide bonds. The third kappa shape index (κ3) is 4.61. The number of amides is 1. The predicted molar refractivity (Wildman–Crippen MR) is 128 cm³/mol. The molecule has 0 aliphatic carbocycles. The van der Waals surface area contributed by atoms with E-state index in [4.69, 9.17) is 4.98 Å². The van der Waals surface area contributed by atoms with Crippen LogP contribution in [0.4, 0.5) is 0 Å². The second-order valence-electron chi connectivity index (χ2n) is 8.04.